The van der Waals surface area contributed by atoms with Gasteiger partial charge >= 0.3 is 0 Å². The molecule has 2 fully saturated rings. The third-order valence-corrected chi connectivity index (χ3v) is 14.3. The Morgan fingerprint density at radius 1 is 0.579 bits per heavy atom. The summed E-state index contributed by atoms with van der Waals surface area (Å²) >= 11 is 0. The van der Waals surface area contributed by atoms with Crippen molar-refractivity contribution in [2.24, 2.45) is 0 Å². The molecule has 0 nitrogen and oxygen atoms in total. The molecule has 3 heteroatoms. The molecule has 4 aromatic rings. The molecule has 0 bridgehead atoms. The Balaban J connectivity index is 0.000000504. The summed E-state index contributed by atoms with van der Waals surface area (Å²) in [6.45, 7) is 0. The molecule has 0 saturated heterocycles. The van der Waals surface area contributed by atoms with E-state index in [1.165, 1.54) is 81.0 Å². The molecule has 0 unspecified atom stereocenters. The van der Waals surface area contributed by atoms with Crippen LogP contribution >= 0.6 is 15.8 Å². The first-order valence-electron chi connectivity index (χ1n) is 14.5. The molecular formula is C35H42FeP2-6. The summed E-state index contributed by atoms with van der Waals surface area (Å²) in [5.41, 5.74) is 3.71. The molecule has 0 heterocycles. The Hall–Kier alpha value is -1.48. The Labute approximate surface area is 244 Å². The van der Waals surface area contributed by atoms with E-state index in [1.54, 1.807) is 10.9 Å². The van der Waals surface area contributed by atoms with Crippen LogP contribution in [0.1, 0.15) is 69.8 Å². The van der Waals surface area contributed by atoms with E-state index < -0.39 is 7.92 Å². The van der Waals surface area contributed by atoms with Crippen molar-refractivity contribution in [2.45, 2.75) is 81.7 Å². The zero-order valence-corrected chi connectivity index (χ0v) is 25.5. The molecule has 0 N–H and O–H groups in total. The van der Waals surface area contributed by atoms with Crippen LogP contribution in [0.25, 0.3) is 0 Å². The van der Waals surface area contributed by atoms with Gasteiger partial charge in [0.2, 0.25) is 0 Å². The normalized spacial score (nSPS) is 16.6. The largest absolute Gasteiger partial charge is 0.748 e. The fraction of sp³-hybridized carbons (Fsp3) is 0.371. The third-order valence-electron chi connectivity index (χ3n) is 8.15. The van der Waals surface area contributed by atoms with E-state index in [0.29, 0.717) is 0 Å². The van der Waals surface area contributed by atoms with Crippen molar-refractivity contribution in [3.63, 3.8) is 0 Å². The first-order chi connectivity index (χ1) is 18.4. The van der Waals surface area contributed by atoms with Gasteiger partial charge in [-0.2, -0.15) is 11.6 Å². The first-order valence-corrected chi connectivity index (χ1v) is 17.5. The van der Waals surface area contributed by atoms with E-state index in [2.05, 4.69) is 78.9 Å². The van der Waals surface area contributed by atoms with Crippen molar-refractivity contribution < 1.29 is 17.1 Å². The average Bonchev–Trinajstić information content (AvgIpc) is 3.70. The van der Waals surface area contributed by atoms with Crippen LogP contribution in [0.2, 0.25) is 0 Å². The van der Waals surface area contributed by atoms with Gasteiger partial charge in [-0.05, 0) is 53.8 Å². The van der Waals surface area contributed by atoms with Gasteiger partial charge in [-0.25, -0.2) is 12.1 Å². The summed E-state index contributed by atoms with van der Waals surface area (Å²) in [6.07, 6.45) is 16.2. The zero-order chi connectivity index (χ0) is 25.1. The summed E-state index contributed by atoms with van der Waals surface area (Å²) in [7, 11) is -0.401. The maximum Gasteiger partial charge on any atom is 0 e. The number of hydrogen-bond donors (Lipinski definition) is 0. The van der Waals surface area contributed by atoms with Crippen molar-refractivity contribution in [1.82, 2.24) is 0 Å². The Bertz CT molecular complexity index is 1050. The summed E-state index contributed by atoms with van der Waals surface area (Å²) in [5, 5.41) is 4.60. The van der Waals surface area contributed by atoms with Crippen LogP contribution < -0.4 is 15.9 Å². The van der Waals surface area contributed by atoms with Crippen LogP contribution in [0.4, 0.5) is 0 Å². The van der Waals surface area contributed by atoms with Crippen molar-refractivity contribution >= 4 is 31.8 Å². The second-order valence-electron chi connectivity index (χ2n) is 10.7. The van der Waals surface area contributed by atoms with Gasteiger partial charge in [0, 0.05) is 17.1 Å². The molecule has 38 heavy (non-hydrogen) atoms. The van der Waals surface area contributed by atoms with Gasteiger partial charge in [0.05, 0.1) is 0 Å². The van der Waals surface area contributed by atoms with Crippen LogP contribution in [0.3, 0.4) is 0 Å². The van der Waals surface area contributed by atoms with E-state index in [9.17, 15) is 0 Å². The van der Waals surface area contributed by atoms with Crippen LogP contribution in [-0.4, -0.2) is 11.3 Å². The van der Waals surface area contributed by atoms with Crippen LogP contribution in [-0.2, 0) is 23.2 Å². The van der Waals surface area contributed by atoms with Gasteiger partial charge < -0.3 is 30.3 Å². The molecule has 206 valence electrons. The number of rotatable bonds is 7. The smallest absolute Gasteiger partial charge is 0 e. The second kappa shape index (κ2) is 15.9. The van der Waals surface area contributed by atoms with E-state index in [-0.39, 0.29) is 25.0 Å². The summed E-state index contributed by atoms with van der Waals surface area (Å²) in [5.74, 6) is 0. The van der Waals surface area contributed by atoms with E-state index >= 15 is 0 Å². The average molecular weight is 581 g/mol. The topological polar surface area (TPSA) is 0 Å². The minimum absolute atomic E-state index is 0. The minimum atomic E-state index is -0.485. The number of benzene rings is 2. The molecule has 0 amide bonds. The van der Waals surface area contributed by atoms with Crippen LogP contribution in [0.15, 0.2) is 109 Å². The van der Waals surface area contributed by atoms with Gasteiger partial charge in [-0.1, -0.05) is 115 Å². The molecular weight excluding hydrogens is 538 g/mol. The molecule has 2 aliphatic rings. The van der Waals surface area contributed by atoms with Gasteiger partial charge in [0.1, 0.15) is 0 Å². The van der Waals surface area contributed by atoms with E-state index in [4.69, 9.17) is 0 Å². The second-order valence-corrected chi connectivity index (χ2v) is 15.7. The fourth-order valence-electron chi connectivity index (χ4n) is 6.28. The SMILES string of the molecule is [Fe].[cH-]1[cH-][cH-][cH-][cH-]1.c1ccc(P(c2ccccc2)[c-]2cccc2CP(C2CCCCC2)C2CCCCC2)cc1. The Kier molecular flexibility index (Phi) is 12.4. The first kappa shape index (κ1) is 29.5. The third kappa shape index (κ3) is 8.03. The maximum atomic E-state index is 2.48. The monoisotopic (exact) mass is 580 g/mol. The molecule has 0 spiro atoms. The Morgan fingerprint density at radius 3 is 1.47 bits per heavy atom. The number of hydrogen-bond acceptors (Lipinski definition) is 0. The Morgan fingerprint density at radius 2 is 1.03 bits per heavy atom. The standard InChI is InChI=1S/C30H37P2.C5H5.Fe/c1-5-15-26(16-6-1)31(27-17-7-2-8-18-27)24-25-14-13-23-30(25)32(28-19-9-3-10-20-28)29-21-11-4-12-22-29;1-2-4-5-3-1;/h3-4,9-14,19-23,26-27H,1-2,5-8,15-18,24H2;1-5H;/q-1;-5;. The zero-order valence-electron chi connectivity index (χ0n) is 22.6. The van der Waals surface area contributed by atoms with Gasteiger partial charge in [0.15, 0.2) is 0 Å². The van der Waals surface area contributed by atoms with Gasteiger partial charge in [-0.15, -0.1) is 5.30 Å². The summed E-state index contributed by atoms with van der Waals surface area (Å²) in [4.78, 5) is 0. The van der Waals surface area contributed by atoms with Crippen molar-refractivity contribution in [2.75, 3.05) is 0 Å². The molecule has 0 radical (unpaired) electrons. The van der Waals surface area contributed by atoms with Crippen molar-refractivity contribution in [3.8, 4) is 0 Å². The van der Waals surface area contributed by atoms with E-state index in [1.807, 2.05) is 30.3 Å². The summed E-state index contributed by atoms with van der Waals surface area (Å²) < 4.78 is 0. The van der Waals surface area contributed by atoms with Gasteiger partial charge in [0.25, 0.3) is 0 Å². The minimum Gasteiger partial charge on any atom is -0.748 e. The molecule has 4 aromatic carbocycles. The quantitative estimate of drug-likeness (QED) is 0.116. The molecule has 2 saturated carbocycles. The predicted octanol–water partition coefficient (Wildman–Crippen LogP) is 9.21. The molecule has 0 atom stereocenters. The van der Waals surface area contributed by atoms with Crippen LogP contribution in [0.5, 0.6) is 0 Å². The molecule has 2 aliphatic carbocycles. The molecule has 0 aliphatic heterocycles. The van der Waals surface area contributed by atoms with Gasteiger partial charge in [-0.3, -0.25) is 0 Å². The molecule has 0 aromatic heterocycles. The van der Waals surface area contributed by atoms with Crippen LogP contribution in [0, 0.1) is 0 Å². The van der Waals surface area contributed by atoms with Crippen molar-refractivity contribution in [1.29, 1.82) is 0 Å². The maximum absolute atomic E-state index is 2.48. The van der Waals surface area contributed by atoms with Crippen molar-refractivity contribution in [3.05, 3.63) is 115 Å². The summed E-state index contributed by atoms with van der Waals surface area (Å²) in [6, 6.07) is 39.8. The molecule has 6 rings (SSSR count). The van der Waals surface area contributed by atoms with E-state index in [0.717, 1.165) is 11.3 Å². The predicted molar refractivity (Wildman–Crippen MR) is 167 cm³/mol. The fourth-order valence-corrected chi connectivity index (χ4v) is 12.7.